The Bertz CT molecular complexity index is 1560. The van der Waals surface area contributed by atoms with E-state index in [1.165, 1.54) is 30.6 Å². The summed E-state index contributed by atoms with van der Waals surface area (Å²) in [5, 5.41) is 2.92. The number of carbonyl (C=O) groups excluding carboxylic acids is 3. The molecule has 1 saturated heterocycles. The number of aryl methyl sites for hydroxylation is 1. The first-order chi connectivity index (χ1) is 18.3. The van der Waals surface area contributed by atoms with Gasteiger partial charge in [0.25, 0.3) is 11.8 Å². The van der Waals surface area contributed by atoms with Crippen molar-refractivity contribution in [2.24, 2.45) is 0 Å². The second-order valence-corrected chi connectivity index (χ2v) is 9.17. The molecule has 8 nitrogen and oxygen atoms in total. The van der Waals surface area contributed by atoms with Crippen LogP contribution in [-0.4, -0.2) is 27.4 Å². The fourth-order valence-corrected chi connectivity index (χ4v) is 4.44. The molecule has 190 valence electrons. The minimum absolute atomic E-state index is 0.132. The van der Waals surface area contributed by atoms with E-state index in [0.29, 0.717) is 22.9 Å². The number of pyridine rings is 1. The van der Waals surface area contributed by atoms with E-state index < -0.39 is 17.8 Å². The second kappa shape index (κ2) is 10.4. The number of nitrogens with one attached hydrogen (secondary N) is 1. The number of imide groups is 2. The highest BCUT2D eigenvalue weighted by Gasteiger charge is 2.37. The van der Waals surface area contributed by atoms with Crippen LogP contribution in [0.5, 0.6) is 5.75 Å². The summed E-state index contributed by atoms with van der Waals surface area (Å²) in [6, 6.07) is 19.3. The van der Waals surface area contributed by atoms with Gasteiger partial charge in [0.05, 0.1) is 5.69 Å². The smallest absolute Gasteiger partial charge is 0.335 e. The van der Waals surface area contributed by atoms with E-state index in [2.05, 4.69) is 10.3 Å². The fraction of sp³-hybridized carbons (Fsp3) is 0.103. The van der Waals surface area contributed by atoms with Gasteiger partial charge in [-0.2, -0.15) is 0 Å². The largest absolute Gasteiger partial charge is 0.489 e. The Balaban J connectivity index is 1.39. The van der Waals surface area contributed by atoms with Crippen molar-refractivity contribution < 1.29 is 19.1 Å². The molecule has 4 amide bonds. The standard InChI is InChI=1S/C29H23ClN4O4/c1-18-15-21(16-26-27(35)32-29(37)34(28(26)36)24-11-13-31-14-12-24)19(2)33(18)23-7-9-25(10-8-23)38-17-20-3-5-22(30)6-4-20/h3-16H,17H2,1-2H3,(H,32,35,37)/b26-16+. The lowest BCUT2D eigenvalue weighted by molar-refractivity contribution is -0.122. The van der Waals surface area contributed by atoms with Crippen molar-refractivity contribution in [1.82, 2.24) is 14.9 Å². The van der Waals surface area contributed by atoms with E-state index in [0.717, 1.165) is 33.3 Å². The van der Waals surface area contributed by atoms with Gasteiger partial charge in [-0.1, -0.05) is 23.7 Å². The molecule has 2 aromatic heterocycles. The van der Waals surface area contributed by atoms with Crippen LogP contribution in [0.4, 0.5) is 10.5 Å². The molecule has 9 heteroatoms. The fourth-order valence-electron chi connectivity index (χ4n) is 4.31. The molecule has 0 saturated carbocycles. The lowest BCUT2D eigenvalue weighted by atomic mass is 10.1. The van der Waals surface area contributed by atoms with Crippen LogP contribution in [0.15, 0.2) is 84.7 Å². The molecule has 4 aromatic rings. The van der Waals surface area contributed by atoms with Crippen LogP contribution in [-0.2, 0) is 16.2 Å². The van der Waals surface area contributed by atoms with Gasteiger partial charge in [0, 0.05) is 34.5 Å². The Morgan fingerprint density at radius 2 is 1.61 bits per heavy atom. The minimum Gasteiger partial charge on any atom is -0.489 e. The summed E-state index contributed by atoms with van der Waals surface area (Å²) in [7, 11) is 0. The molecule has 0 atom stereocenters. The lowest BCUT2D eigenvalue weighted by Crippen LogP contribution is -2.54. The monoisotopic (exact) mass is 526 g/mol. The highest BCUT2D eigenvalue weighted by Crippen LogP contribution is 2.27. The summed E-state index contributed by atoms with van der Waals surface area (Å²) in [5.41, 5.74) is 4.54. The van der Waals surface area contributed by atoms with Crippen molar-refractivity contribution in [3.63, 3.8) is 0 Å². The summed E-state index contributed by atoms with van der Waals surface area (Å²) in [6.07, 6.45) is 4.45. The maximum atomic E-state index is 13.2. The SMILES string of the molecule is Cc1cc(/C=C2\C(=O)NC(=O)N(c3ccncc3)C2=O)c(C)n1-c1ccc(OCc2ccc(Cl)cc2)cc1. The summed E-state index contributed by atoms with van der Waals surface area (Å²) in [4.78, 5) is 43.0. The Kier molecular flexibility index (Phi) is 6.81. The van der Waals surface area contributed by atoms with Crippen LogP contribution in [0, 0.1) is 13.8 Å². The van der Waals surface area contributed by atoms with E-state index in [-0.39, 0.29) is 5.57 Å². The van der Waals surface area contributed by atoms with Crippen LogP contribution in [0.25, 0.3) is 11.8 Å². The van der Waals surface area contributed by atoms with Gasteiger partial charge >= 0.3 is 6.03 Å². The van der Waals surface area contributed by atoms with Gasteiger partial charge in [-0.3, -0.25) is 19.9 Å². The topological polar surface area (TPSA) is 93.5 Å². The Hall–Kier alpha value is -4.69. The molecule has 0 bridgehead atoms. The molecule has 0 radical (unpaired) electrons. The Morgan fingerprint density at radius 3 is 2.29 bits per heavy atom. The summed E-state index contributed by atoms with van der Waals surface area (Å²) < 4.78 is 7.91. The van der Waals surface area contributed by atoms with Crippen molar-refractivity contribution in [3.8, 4) is 11.4 Å². The average molecular weight is 527 g/mol. The molecule has 1 N–H and O–H groups in total. The third-order valence-electron chi connectivity index (χ3n) is 6.21. The van der Waals surface area contributed by atoms with Gasteiger partial charge in [0.1, 0.15) is 17.9 Å². The van der Waals surface area contributed by atoms with Gasteiger partial charge in [0.2, 0.25) is 0 Å². The number of barbiturate groups is 1. The van der Waals surface area contributed by atoms with E-state index in [4.69, 9.17) is 16.3 Å². The lowest BCUT2D eigenvalue weighted by Gasteiger charge is -2.26. The second-order valence-electron chi connectivity index (χ2n) is 8.73. The number of amides is 4. The van der Waals surface area contributed by atoms with Crippen LogP contribution in [0.3, 0.4) is 0 Å². The zero-order valence-corrected chi connectivity index (χ0v) is 21.4. The molecule has 38 heavy (non-hydrogen) atoms. The molecular formula is C29H23ClN4O4. The van der Waals surface area contributed by atoms with Gasteiger partial charge in [0.15, 0.2) is 0 Å². The number of anilines is 1. The summed E-state index contributed by atoms with van der Waals surface area (Å²) >= 11 is 5.94. The maximum Gasteiger partial charge on any atom is 0.335 e. The molecule has 0 spiro atoms. The number of nitrogens with zero attached hydrogens (tertiary/aromatic N) is 3. The Labute approximate surface area is 224 Å². The minimum atomic E-state index is -0.799. The summed E-state index contributed by atoms with van der Waals surface area (Å²) in [5.74, 6) is -0.715. The van der Waals surface area contributed by atoms with Gasteiger partial charge < -0.3 is 9.30 Å². The summed E-state index contributed by atoms with van der Waals surface area (Å²) in [6.45, 7) is 4.27. The van der Waals surface area contributed by atoms with Crippen LogP contribution in [0.2, 0.25) is 5.02 Å². The van der Waals surface area contributed by atoms with Crippen LogP contribution in [0.1, 0.15) is 22.5 Å². The van der Waals surface area contributed by atoms with Crippen molar-refractivity contribution in [2.75, 3.05) is 4.90 Å². The highest BCUT2D eigenvalue weighted by atomic mass is 35.5. The number of rotatable bonds is 6. The molecule has 0 unspecified atom stereocenters. The first-order valence-corrected chi connectivity index (χ1v) is 12.2. The molecular weight excluding hydrogens is 504 g/mol. The van der Waals surface area contributed by atoms with Crippen molar-refractivity contribution in [1.29, 1.82) is 0 Å². The normalized spacial score (nSPS) is 14.7. The van der Waals surface area contributed by atoms with E-state index >= 15 is 0 Å². The number of halogens is 1. The zero-order chi connectivity index (χ0) is 26.8. The number of carbonyl (C=O) groups is 3. The van der Waals surface area contributed by atoms with Crippen molar-refractivity contribution >= 4 is 41.2 Å². The van der Waals surface area contributed by atoms with E-state index in [1.54, 1.807) is 0 Å². The average Bonchev–Trinajstić information content (AvgIpc) is 3.19. The van der Waals surface area contributed by atoms with Gasteiger partial charge in [-0.15, -0.1) is 0 Å². The first-order valence-electron chi connectivity index (χ1n) is 11.8. The number of aromatic nitrogens is 2. The van der Waals surface area contributed by atoms with Crippen molar-refractivity contribution in [2.45, 2.75) is 20.5 Å². The number of hydrogen-bond donors (Lipinski definition) is 1. The molecule has 5 rings (SSSR count). The number of hydrogen-bond acceptors (Lipinski definition) is 5. The quantitative estimate of drug-likeness (QED) is 0.268. The molecule has 2 aromatic carbocycles. The molecule has 1 aliphatic rings. The number of benzene rings is 2. The highest BCUT2D eigenvalue weighted by molar-refractivity contribution is 6.39. The van der Waals surface area contributed by atoms with Crippen LogP contribution >= 0.6 is 11.6 Å². The van der Waals surface area contributed by atoms with Crippen molar-refractivity contribution in [3.05, 3.63) is 112 Å². The van der Waals surface area contributed by atoms with Gasteiger partial charge in [-0.25, -0.2) is 9.69 Å². The molecule has 1 fully saturated rings. The maximum absolute atomic E-state index is 13.2. The van der Waals surface area contributed by atoms with Crippen LogP contribution < -0.4 is 15.0 Å². The molecule has 0 aliphatic carbocycles. The molecule has 1 aliphatic heterocycles. The molecule has 3 heterocycles. The zero-order valence-electron chi connectivity index (χ0n) is 20.6. The predicted molar refractivity (Wildman–Crippen MR) is 144 cm³/mol. The Morgan fingerprint density at radius 1 is 0.921 bits per heavy atom. The third-order valence-corrected chi connectivity index (χ3v) is 6.46. The number of urea groups is 1. The number of ether oxygens (including phenoxy) is 1. The van der Waals surface area contributed by atoms with E-state index in [9.17, 15) is 14.4 Å². The van der Waals surface area contributed by atoms with Gasteiger partial charge in [-0.05, 0) is 85.6 Å². The van der Waals surface area contributed by atoms with E-state index in [1.807, 2.05) is 73.0 Å². The predicted octanol–water partition coefficient (Wildman–Crippen LogP) is 5.39. The first kappa shape index (κ1) is 25.0. The third kappa shape index (κ3) is 4.94.